The molecule has 0 unspecified atom stereocenters. The van der Waals surface area contributed by atoms with E-state index in [0.29, 0.717) is 5.56 Å². The molecule has 0 saturated heterocycles. The van der Waals surface area contributed by atoms with E-state index in [9.17, 15) is 19.2 Å². The molecule has 0 bridgehead atoms. The Hall–Kier alpha value is -2.98. The number of anilines is 1. The Bertz CT molecular complexity index is 1010. The Morgan fingerprint density at radius 1 is 1.13 bits per heavy atom. The molecule has 0 aliphatic carbocycles. The zero-order chi connectivity index (χ0) is 22.3. The van der Waals surface area contributed by atoms with Crippen molar-refractivity contribution in [2.75, 3.05) is 26.1 Å². The maximum Gasteiger partial charge on any atom is 0.348 e. The summed E-state index contributed by atoms with van der Waals surface area (Å²) in [6, 6.07) is 7.27. The predicted molar refractivity (Wildman–Crippen MR) is 114 cm³/mol. The molecule has 2 aromatic rings. The zero-order valence-electron chi connectivity index (χ0n) is 16.3. The van der Waals surface area contributed by atoms with Crippen molar-refractivity contribution in [3.63, 3.8) is 0 Å². The van der Waals surface area contributed by atoms with Gasteiger partial charge in [-0.2, -0.15) is 0 Å². The molecule has 0 radical (unpaired) electrons. The van der Waals surface area contributed by atoms with Gasteiger partial charge in [-0.25, -0.2) is 14.4 Å². The first-order valence-corrected chi connectivity index (χ1v) is 10.1. The van der Waals surface area contributed by atoms with Crippen LogP contribution in [0.1, 0.15) is 31.2 Å². The minimum absolute atomic E-state index is 0.0390. The molecule has 30 heavy (non-hydrogen) atoms. The second-order valence-electron chi connectivity index (χ2n) is 5.79. The highest BCUT2D eigenvalue weighted by atomic mass is 79.9. The molecule has 0 saturated carbocycles. The summed E-state index contributed by atoms with van der Waals surface area (Å²) in [4.78, 5) is 48.1. The lowest BCUT2D eigenvalue weighted by molar-refractivity contribution is -0.142. The SMILES string of the molecule is COC(=O)c1sc(NC(=O)COC(=O)/C=C/c2cccc(Br)c2)c(C(=O)OC)c1C. The first-order valence-electron chi connectivity index (χ1n) is 8.47. The summed E-state index contributed by atoms with van der Waals surface area (Å²) in [5, 5.41) is 2.57. The molecule has 1 N–H and O–H groups in total. The number of benzene rings is 1. The van der Waals surface area contributed by atoms with E-state index in [4.69, 9.17) is 9.47 Å². The third kappa shape index (κ3) is 6.01. The fraction of sp³-hybridized carbons (Fsp3) is 0.200. The van der Waals surface area contributed by atoms with Crippen molar-refractivity contribution in [2.45, 2.75) is 6.92 Å². The number of hydrogen-bond donors (Lipinski definition) is 1. The third-order valence-corrected chi connectivity index (χ3v) is 5.45. The Balaban J connectivity index is 2.04. The van der Waals surface area contributed by atoms with Gasteiger partial charge in [0.2, 0.25) is 0 Å². The van der Waals surface area contributed by atoms with Crippen LogP contribution in [0, 0.1) is 6.92 Å². The molecular formula is C20H18BrNO7S. The van der Waals surface area contributed by atoms with E-state index in [1.165, 1.54) is 27.2 Å². The molecule has 0 spiro atoms. The van der Waals surface area contributed by atoms with Crippen LogP contribution in [0.15, 0.2) is 34.8 Å². The van der Waals surface area contributed by atoms with Gasteiger partial charge in [-0.1, -0.05) is 28.1 Å². The van der Waals surface area contributed by atoms with E-state index in [2.05, 4.69) is 26.0 Å². The number of hydrogen-bond acceptors (Lipinski definition) is 8. The number of methoxy groups -OCH3 is 2. The fourth-order valence-electron chi connectivity index (χ4n) is 2.36. The number of ether oxygens (including phenoxy) is 3. The number of esters is 3. The lowest BCUT2D eigenvalue weighted by Gasteiger charge is -2.06. The maximum atomic E-state index is 12.2. The summed E-state index contributed by atoms with van der Waals surface area (Å²) in [5.41, 5.74) is 1.14. The summed E-state index contributed by atoms with van der Waals surface area (Å²) in [6.45, 7) is 0.962. The molecule has 0 atom stereocenters. The lowest BCUT2D eigenvalue weighted by atomic mass is 10.1. The van der Waals surface area contributed by atoms with Gasteiger partial charge in [-0.05, 0) is 36.3 Å². The minimum atomic E-state index is -0.719. The summed E-state index contributed by atoms with van der Waals surface area (Å²) in [7, 11) is 2.39. The number of nitrogens with one attached hydrogen (secondary N) is 1. The molecule has 0 fully saturated rings. The first-order chi connectivity index (χ1) is 14.3. The van der Waals surface area contributed by atoms with Gasteiger partial charge >= 0.3 is 17.9 Å². The number of rotatable bonds is 7. The van der Waals surface area contributed by atoms with Crippen molar-refractivity contribution in [2.24, 2.45) is 0 Å². The van der Waals surface area contributed by atoms with Gasteiger partial charge in [0, 0.05) is 10.5 Å². The quantitative estimate of drug-likeness (QED) is 0.355. The Morgan fingerprint density at radius 3 is 2.47 bits per heavy atom. The lowest BCUT2D eigenvalue weighted by Crippen LogP contribution is -2.21. The second-order valence-corrected chi connectivity index (χ2v) is 7.72. The van der Waals surface area contributed by atoms with Crippen LogP contribution in [0.4, 0.5) is 5.00 Å². The van der Waals surface area contributed by atoms with Gasteiger partial charge < -0.3 is 19.5 Å². The molecule has 2 rings (SSSR count). The van der Waals surface area contributed by atoms with Crippen LogP contribution in [-0.4, -0.2) is 44.6 Å². The van der Waals surface area contributed by atoms with Crippen LogP contribution in [0.2, 0.25) is 0 Å². The molecule has 8 nitrogen and oxygen atoms in total. The van der Waals surface area contributed by atoms with E-state index in [0.717, 1.165) is 21.4 Å². The van der Waals surface area contributed by atoms with Crippen LogP contribution in [0.5, 0.6) is 0 Å². The van der Waals surface area contributed by atoms with E-state index in [-0.39, 0.29) is 15.4 Å². The number of amides is 1. The predicted octanol–water partition coefficient (Wildman–Crippen LogP) is 3.59. The molecule has 10 heteroatoms. The number of carbonyl (C=O) groups excluding carboxylic acids is 4. The average molecular weight is 496 g/mol. The molecule has 1 aromatic heterocycles. The van der Waals surface area contributed by atoms with E-state index in [1.54, 1.807) is 12.1 Å². The van der Waals surface area contributed by atoms with Crippen LogP contribution in [0.25, 0.3) is 6.08 Å². The van der Waals surface area contributed by atoms with Gasteiger partial charge in [0.1, 0.15) is 9.88 Å². The van der Waals surface area contributed by atoms with Crippen molar-refractivity contribution in [1.82, 2.24) is 0 Å². The van der Waals surface area contributed by atoms with Gasteiger partial charge in [0.15, 0.2) is 6.61 Å². The molecule has 1 amide bonds. The molecule has 158 valence electrons. The molecule has 0 aliphatic heterocycles. The summed E-state index contributed by atoms with van der Waals surface area (Å²) in [5.74, 6) is -2.76. The van der Waals surface area contributed by atoms with Crippen molar-refractivity contribution in [1.29, 1.82) is 0 Å². The van der Waals surface area contributed by atoms with Crippen LogP contribution < -0.4 is 5.32 Å². The van der Waals surface area contributed by atoms with Gasteiger partial charge in [0.05, 0.1) is 19.8 Å². The molecular weight excluding hydrogens is 478 g/mol. The summed E-state index contributed by atoms with van der Waals surface area (Å²) in [6.07, 6.45) is 2.74. The fourth-order valence-corrected chi connectivity index (χ4v) is 3.91. The highest BCUT2D eigenvalue weighted by Gasteiger charge is 2.26. The van der Waals surface area contributed by atoms with E-state index in [1.807, 2.05) is 18.2 Å². The minimum Gasteiger partial charge on any atom is -0.465 e. The Kier molecular flexibility index (Phi) is 8.31. The van der Waals surface area contributed by atoms with Crippen LogP contribution >= 0.6 is 27.3 Å². The van der Waals surface area contributed by atoms with E-state index >= 15 is 0 Å². The summed E-state index contributed by atoms with van der Waals surface area (Å²) >= 11 is 4.20. The normalized spacial score (nSPS) is 10.5. The maximum absolute atomic E-state index is 12.2. The monoisotopic (exact) mass is 495 g/mol. The summed E-state index contributed by atoms with van der Waals surface area (Å²) < 4.78 is 15.2. The van der Waals surface area contributed by atoms with Gasteiger partial charge in [-0.3, -0.25) is 4.79 Å². The average Bonchev–Trinajstić information content (AvgIpc) is 3.05. The number of halogens is 1. The second kappa shape index (κ2) is 10.7. The Labute approximate surface area is 184 Å². The third-order valence-electron chi connectivity index (χ3n) is 3.77. The smallest absolute Gasteiger partial charge is 0.348 e. The molecule has 1 aromatic carbocycles. The van der Waals surface area contributed by atoms with Crippen LogP contribution in [0.3, 0.4) is 0 Å². The van der Waals surface area contributed by atoms with Crippen LogP contribution in [-0.2, 0) is 23.8 Å². The largest absolute Gasteiger partial charge is 0.465 e. The topological polar surface area (TPSA) is 108 Å². The Morgan fingerprint density at radius 2 is 1.83 bits per heavy atom. The van der Waals surface area contributed by atoms with Gasteiger partial charge in [0.25, 0.3) is 5.91 Å². The number of thiophene rings is 1. The highest BCUT2D eigenvalue weighted by molar-refractivity contribution is 9.10. The van der Waals surface area contributed by atoms with Gasteiger partial charge in [-0.15, -0.1) is 11.3 Å². The molecule has 0 aliphatic rings. The van der Waals surface area contributed by atoms with Crippen molar-refractivity contribution in [3.05, 3.63) is 56.4 Å². The number of carbonyl (C=O) groups is 4. The van der Waals surface area contributed by atoms with E-state index < -0.39 is 30.4 Å². The molecule has 1 heterocycles. The van der Waals surface area contributed by atoms with Crippen molar-refractivity contribution in [3.8, 4) is 0 Å². The highest BCUT2D eigenvalue weighted by Crippen LogP contribution is 2.34. The van der Waals surface area contributed by atoms with Crippen molar-refractivity contribution < 1.29 is 33.4 Å². The van der Waals surface area contributed by atoms with Crippen molar-refractivity contribution >= 4 is 62.2 Å². The zero-order valence-corrected chi connectivity index (χ0v) is 18.7. The standard InChI is InChI=1S/C20H18BrNO7S/c1-11-16(19(25)27-2)18(30-17(11)20(26)28-3)22-14(23)10-29-15(24)8-7-12-5-4-6-13(21)9-12/h4-9H,10H2,1-3H3,(H,22,23)/b8-7+. The first kappa shape index (κ1) is 23.3.